The predicted octanol–water partition coefficient (Wildman–Crippen LogP) is 0.983. The van der Waals surface area contributed by atoms with Crippen LogP contribution in [-0.2, 0) is 31.4 Å². The fraction of sp³-hybridized carbons (Fsp3) is 0.533. The van der Waals surface area contributed by atoms with Crippen molar-refractivity contribution in [3.8, 4) is 0 Å². The summed E-state index contributed by atoms with van der Waals surface area (Å²) in [7, 11) is -2.16. The van der Waals surface area contributed by atoms with Crippen LogP contribution in [0.25, 0.3) is 0 Å². The minimum atomic E-state index is -3.60. The third kappa shape index (κ3) is 2.58. The molecule has 0 aliphatic heterocycles. The summed E-state index contributed by atoms with van der Waals surface area (Å²) < 4.78 is 30.5. The number of benzene rings is 1. The number of sulfonamides is 1. The molecule has 0 saturated heterocycles. The number of amides is 1. The predicted molar refractivity (Wildman–Crippen MR) is 78.4 cm³/mol. The fourth-order valence-corrected chi connectivity index (χ4v) is 4.34. The van der Waals surface area contributed by atoms with E-state index in [1.807, 2.05) is 12.1 Å². The minimum absolute atomic E-state index is 0.0846. The van der Waals surface area contributed by atoms with Gasteiger partial charge in [-0.2, -0.15) is 0 Å². The van der Waals surface area contributed by atoms with E-state index in [0.717, 1.165) is 19.3 Å². The fourth-order valence-electron chi connectivity index (χ4n) is 3.41. The van der Waals surface area contributed by atoms with Crippen molar-refractivity contribution in [1.82, 2.24) is 4.72 Å². The van der Waals surface area contributed by atoms with Gasteiger partial charge >= 0.3 is 0 Å². The molecule has 2 unspecified atom stereocenters. The van der Waals surface area contributed by atoms with E-state index in [4.69, 9.17) is 4.74 Å². The number of fused-ring (bicyclic) bond motifs is 2. The zero-order valence-corrected chi connectivity index (χ0v) is 12.8. The number of methoxy groups -OCH3 is 1. The molecule has 0 radical (unpaired) electrons. The van der Waals surface area contributed by atoms with Crippen LogP contribution < -0.4 is 4.72 Å². The highest BCUT2D eigenvalue weighted by Gasteiger charge is 2.61. The Morgan fingerprint density at radius 3 is 2.95 bits per heavy atom. The number of hydrogen-bond acceptors (Lipinski definition) is 4. The lowest BCUT2D eigenvalue weighted by molar-refractivity contribution is -0.121. The molecule has 1 saturated carbocycles. The molecule has 1 amide bonds. The number of carbonyl (C=O) groups is 1. The molecular weight excluding hydrogens is 290 g/mol. The highest BCUT2D eigenvalue weighted by atomic mass is 32.2. The van der Waals surface area contributed by atoms with E-state index >= 15 is 0 Å². The van der Waals surface area contributed by atoms with E-state index in [-0.39, 0.29) is 29.6 Å². The largest absolute Gasteiger partial charge is 0.384 e. The maximum Gasteiger partial charge on any atom is 0.237 e. The molecule has 2 aliphatic rings. The molecule has 0 heterocycles. The number of nitrogens with one attached hydrogen (secondary N) is 1. The second-order valence-electron chi connectivity index (χ2n) is 5.85. The second-order valence-corrected chi connectivity index (χ2v) is 7.69. The number of aryl methyl sites for hydroxylation is 1. The molecule has 1 spiro atoms. The monoisotopic (exact) mass is 309 g/mol. The van der Waals surface area contributed by atoms with Gasteiger partial charge in [-0.25, -0.2) is 8.42 Å². The number of hydrogen-bond donors (Lipinski definition) is 1. The van der Waals surface area contributed by atoms with E-state index in [1.54, 1.807) is 0 Å². The standard InChI is InChI=1S/C15H19NO4S/c1-20-8-9-21(18,19)16-14(17)13-10-15(13)7-6-11-4-2-3-5-12(11)15/h2-5,13H,6-10H2,1H3,(H,16,17). The Hall–Kier alpha value is -1.40. The zero-order valence-electron chi connectivity index (χ0n) is 12.0. The van der Waals surface area contributed by atoms with Crippen molar-refractivity contribution in [3.63, 3.8) is 0 Å². The van der Waals surface area contributed by atoms with Crippen LogP contribution in [0.3, 0.4) is 0 Å². The first-order chi connectivity index (χ1) is 9.98. The van der Waals surface area contributed by atoms with Crippen LogP contribution in [0.5, 0.6) is 0 Å². The second kappa shape index (κ2) is 5.10. The highest BCUT2D eigenvalue weighted by Crippen LogP contribution is 2.61. The van der Waals surface area contributed by atoms with Gasteiger partial charge in [-0.1, -0.05) is 24.3 Å². The van der Waals surface area contributed by atoms with Crippen molar-refractivity contribution in [3.05, 3.63) is 35.4 Å². The van der Waals surface area contributed by atoms with E-state index in [1.165, 1.54) is 18.2 Å². The lowest BCUT2D eigenvalue weighted by Crippen LogP contribution is -2.36. The van der Waals surface area contributed by atoms with Crippen LogP contribution in [-0.4, -0.2) is 33.8 Å². The Balaban J connectivity index is 1.70. The van der Waals surface area contributed by atoms with Crippen molar-refractivity contribution >= 4 is 15.9 Å². The van der Waals surface area contributed by atoms with Crippen molar-refractivity contribution in [2.45, 2.75) is 24.7 Å². The maximum atomic E-state index is 12.2. The van der Waals surface area contributed by atoms with Gasteiger partial charge in [0.25, 0.3) is 0 Å². The van der Waals surface area contributed by atoms with Gasteiger partial charge in [-0.3, -0.25) is 9.52 Å². The van der Waals surface area contributed by atoms with Crippen LogP contribution in [0.2, 0.25) is 0 Å². The molecule has 3 rings (SSSR count). The number of ether oxygens (including phenoxy) is 1. The Labute approximate surface area is 124 Å². The normalized spacial score (nSPS) is 26.6. The Kier molecular flexibility index (Phi) is 3.53. The molecule has 0 aromatic heterocycles. The quantitative estimate of drug-likeness (QED) is 0.880. The zero-order chi connectivity index (χ0) is 15.1. The lowest BCUT2D eigenvalue weighted by Gasteiger charge is -2.12. The molecule has 1 aromatic carbocycles. The van der Waals surface area contributed by atoms with Gasteiger partial charge in [0.2, 0.25) is 15.9 Å². The summed E-state index contributed by atoms with van der Waals surface area (Å²) in [4.78, 5) is 12.2. The molecule has 1 aromatic rings. The first kappa shape index (κ1) is 14.5. The maximum absolute atomic E-state index is 12.2. The lowest BCUT2D eigenvalue weighted by atomic mass is 9.95. The van der Waals surface area contributed by atoms with Gasteiger partial charge in [-0.05, 0) is 30.4 Å². The Bertz CT molecular complexity index is 670. The third-order valence-corrected chi connectivity index (χ3v) is 5.81. The van der Waals surface area contributed by atoms with Gasteiger partial charge in [0.05, 0.1) is 12.4 Å². The van der Waals surface area contributed by atoms with Crippen LogP contribution in [0, 0.1) is 5.92 Å². The van der Waals surface area contributed by atoms with Crippen LogP contribution >= 0.6 is 0 Å². The SMILES string of the molecule is COCCS(=O)(=O)NC(=O)C1CC12CCc1ccccc12. The molecule has 21 heavy (non-hydrogen) atoms. The summed E-state index contributed by atoms with van der Waals surface area (Å²) >= 11 is 0. The summed E-state index contributed by atoms with van der Waals surface area (Å²) in [6.07, 6.45) is 2.65. The molecule has 6 heteroatoms. The molecule has 2 atom stereocenters. The minimum Gasteiger partial charge on any atom is -0.384 e. The number of rotatable bonds is 5. The molecule has 0 bridgehead atoms. The van der Waals surface area contributed by atoms with Crippen molar-refractivity contribution < 1.29 is 17.9 Å². The summed E-state index contributed by atoms with van der Waals surface area (Å²) in [5, 5.41) is 0. The topological polar surface area (TPSA) is 72.5 Å². The van der Waals surface area contributed by atoms with Crippen molar-refractivity contribution in [2.75, 3.05) is 19.5 Å². The molecule has 1 N–H and O–H groups in total. The molecule has 5 nitrogen and oxygen atoms in total. The molecule has 1 fully saturated rings. The Morgan fingerprint density at radius 2 is 2.19 bits per heavy atom. The van der Waals surface area contributed by atoms with E-state index < -0.39 is 10.0 Å². The van der Waals surface area contributed by atoms with Crippen molar-refractivity contribution in [1.29, 1.82) is 0 Å². The van der Waals surface area contributed by atoms with Crippen LogP contribution in [0.1, 0.15) is 24.0 Å². The first-order valence-electron chi connectivity index (χ1n) is 7.10. The first-order valence-corrected chi connectivity index (χ1v) is 8.75. The summed E-state index contributed by atoms with van der Waals surface area (Å²) in [5.74, 6) is -0.785. The van der Waals surface area contributed by atoms with E-state index in [2.05, 4.69) is 16.9 Å². The average Bonchev–Trinajstić information content (AvgIpc) is 3.07. The summed E-state index contributed by atoms with van der Waals surface area (Å²) in [5.41, 5.74) is 2.38. The smallest absolute Gasteiger partial charge is 0.237 e. The van der Waals surface area contributed by atoms with E-state index in [9.17, 15) is 13.2 Å². The Morgan fingerprint density at radius 1 is 1.43 bits per heavy atom. The highest BCUT2D eigenvalue weighted by molar-refractivity contribution is 7.90. The van der Waals surface area contributed by atoms with Crippen molar-refractivity contribution in [2.24, 2.45) is 5.92 Å². The summed E-state index contributed by atoms with van der Waals surface area (Å²) in [6.45, 7) is 0.0846. The van der Waals surface area contributed by atoms with Crippen LogP contribution in [0.15, 0.2) is 24.3 Å². The third-order valence-electron chi connectivity index (χ3n) is 4.60. The van der Waals surface area contributed by atoms with Gasteiger partial charge in [-0.15, -0.1) is 0 Å². The van der Waals surface area contributed by atoms with Gasteiger partial charge in [0, 0.05) is 18.4 Å². The van der Waals surface area contributed by atoms with Gasteiger partial charge in [0.15, 0.2) is 0 Å². The summed E-state index contributed by atoms with van der Waals surface area (Å²) in [6, 6.07) is 8.14. The number of carbonyl (C=O) groups excluding carboxylic acids is 1. The van der Waals surface area contributed by atoms with E-state index in [0.29, 0.717) is 0 Å². The average molecular weight is 309 g/mol. The molecule has 2 aliphatic carbocycles. The molecule has 114 valence electrons. The molecular formula is C15H19NO4S. The van der Waals surface area contributed by atoms with Crippen LogP contribution in [0.4, 0.5) is 0 Å². The van der Waals surface area contributed by atoms with Gasteiger partial charge < -0.3 is 4.74 Å². The van der Waals surface area contributed by atoms with Gasteiger partial charge in [0.1, 0.15) is 0 Å².